The second-order valence-corrected chi connectivity index (χ2v) is 10.3. The van der Waals surface area contributed by atoms with Crippen molar-refractivity contribution in [2.24, 2.45) is 5.92 Å². The molecule has 0 spiro atoms. The summed E-state index contributed by atoms with van der Waals surface area (Å²) in [7, 11) is 0. The Labute approximate surface area is 211 Å². The van der Waals surface area contributed by atoms with Crippen LogP contribution in [0.3, 0.4) is 0 Å². The van der Waals surface area contributed by atoms with E-state index in [1.807, 2.05) is 24.0 Å². The topological polar surface area (TPSA) is 71.5 Å². The molecule has 6 nitrogen and oxygen atoms in total. The Morgan fingerprint density at radius 1 is 1.23 bits per heavy atom. The van der Waals surface area contributed by atoms with Crippen LogP contribution < -0.4 is 10.1 Å². The van der Waals surface area contributed by atoms with Crippen LogP contribution in [0.4, 0.5) is 0 Å². The van der Waals surface area contributed by atoms with Gasteiger partial charge in [-0.25, -0.2) is 4.98 Å². The van der Waals surface area contributed by atoms with Gasteiger partial charge >= 0.3 is 0 Å². The van der Waals surface area contributed by atoms with Crippen LogP contribution in [0.15, 0.2) is 47.8 Å². The first-order valence-electron chi connectivity index (χ1n) is 12.2. The SMILES string of the molecule is CCC(=O)N1CCc2ccc(OCc3nc(C(=O)NCC(C)C)cs3)cc2C1c1cccc(C)c1. The molecular weight excluding hydrogens is 458 g/mol. The van der Waals surface area contributed by atoms with E-state index in [4.69, 9.17) is 4.74 Å². The zero-order chi connectivity index (χ0) is 24.9. The molecule has 7 heteroatoms. The van der Waals surface area contributed by atoms with Crippen LogP contribution in [-0.4, -0.2) is 34.8 Å². The van der Waals surface area contributed by atoms with Gasteiger partial charge in [0, 0.05) is 24.9 Å². The Kier molecular flexibility index (Phi) is 7.86. The first kappa shape index (κ1) is 24.9. The van der Waals surface area contributed by atoms with Gasteiger partial charge in [0.05, 0.1) is 6.04 Å². The van der Waals surface area contributed by atoms with Crippen molar-refractivity contribution >= 4 is 23.2 Å². The second kappa shape index (κ2) is 11.0. The zero-order valence-corrected chi connectivity index (χ0v) is 21.7. The number of aryl methyl sites for hydroxylation is 1. The van der Waals surface area contributed by atoms with Crippen molar-refractivity contribution in [3.8, 4) is 5.75 Å². The summed E-state index contributed by atoms with van der Waals surface area (Å²) < 4.78 is 6.09. The lowest BCUT2D eigenvalue weighted by Gasteiger charge is -2.38. The molecule has 1 unspecified atom stereocenters. The molecule has 2 heterocycles. The molecule has 1 aliphatic heterocycles. The van der Waals surface area contributed by atoms with E-state index in [0.717, 1.165) is 28.3 Å². The molecular formula is C28H33N3O3S. The Morgan fingerprint density at radius 3 is 2.80 bits per heavy atom. The minimum Gasteiger partial charge on any atom is -0.486 e. The molecule has 1 aromatic heterocycles. The van der Waals surface area contributed by atoms with E-state index in [2.05, 4.69) is 61.4 Å². The summed E-state index contributed by atoms with van der Waals surface area (Å²) in [5, 5.41) is 5.41. The molecule has 1 atom stereocenters. The number of thiazole rings is 1. The van der Waals surface area contributed by atoms with Crippen LogP contribution in [0.1, 0.15) is 71.0 Å². The van der Waals surface area contributed by atoms with Gasteiger partial charge in [0.15, 0.2) is 0 Å². The maximum atomic E-state index is 12.8. The fourth-order valence-corrected chi connectivity index (χ4v) is 5.05. The average Bonchev–Trinajstić information content (AvgIpc) is 3.34. The lowest BCUT2D eigenvalue weighted by Crippen LogP contribution is -2.40. The van der Waals surface area contributed by atoms with Crippen LogP contribution in [-0.2, 0) is 17.8 Å². The molecule has 2 aromatic carbocycles. The minimum atomic E-state index is -0.156. The zero-order valence-electron chi connectivity index (χ0n) is 20.8. The normalized spacial score (nSPS) is 15.1. The number of aromatic nitrogens is 1. The van der Waals surface area contributed by atoms with Gasteiger partial charge in [0.25, 0.3) is 5.91 Å². The molecule has 0 saturated heterocycles. The number of hydrogen-bond acceptors (Lipinski definition) is 5. The van der Waals surface area contributed by atoms with E-state index in [1.165, 1.54) is 22.5 Å². The van der Waals surface area contributed by atoms with Crippen molar-refractivity contribution in [1.82, 2.24) is 15.2 Å². The Hall–Kier alpha value is -3.19. The number of ether oxygens (including phenoxy) is 1. The summed E-state index contributed by atoms with van der Waals surface area (Å²) in [6, 6.07) is 14.4. The number of benzene rings is 2. The van der Waals surface area contributed by atoms with Gasteiger partial charge < -0.3 is 15.0 Å². The number of amides is 2. The monoisotopic (exact) mass is 491 g/mol. The third-order valence-electron chi connectivity index (χ3n) is 6.14. The van der Waals surface area contributed by atoms with Crippen molar-refractivity contribution in [3.05, 3.63) is 80.8 Å². The average molecular weight is 492 g/mol. The molecule has 0 saturated carbocycles. The summed E-state index contributed by atoms with van der Waals surface area (Å²) in [6.45, 7) is 9.71. The van der Waals surface area contributed by atoms with E-state index in [0.29, 0.717) is 31.1 Å². The molecule has 184 valence electrons. The van der Waals surface area contributed by atoms with Crippen LogP contribution in [0, 0.1) is 12.8 Å². The van der Waals surface area contributed by atoms with Gasteiger partial charge in [-0.3, -0.25) is 9.59 Å². The van der Waals surface area contributed by atoms with Crippen LogP contribution in [0.25, 0.3) is 0 Å². The van der Waals surface area contributed by atoms with Gasteiger partial charge in [0.2, 0.25) is 5.91 Å². The predicted molar refractivity (Wildman–Crippen MR) is 139 cm³/mol. The quantitative estimate of drug-likeness (QED) is 0.464. The fourth-order valence-electron chi connectivity index (χ4n) is 4.37. The summed E-state index contributed by atoms with van der Waals surface area (Å²) in [4.78, 5) is 31.5. The number of rotatable bonds is 8. The first-order chi connectivity index (χ1) is 16.9. The van der Waals surface area contributed by atoms with E-state index in [-0.39, 0.29) is 24.5 Å². The molecule has 3 aromatic rings. The highest BCUT2D eigenvalue weighted by atomic mass is 32.1. The molecule has 0 radical (unpaired) electrons. The van der Waals surface area contributed by atoms with E-state index < -0.39 is 0 Å². The highest BCUT2D eigenvalue weighted by Gasteiger charge is 2.31. The molecule has 0 fully saturated rings. The molecule has 2 amide bonds. The standard InChI is InChI=1S/C28H33N3O3S/c1-5-26(32)31-12-11-20-9-10-22(14-23(20)27(31)21-8-6-7-19(4)13-21)34-16-25-30-24(17-35-25)28(33)29-15-18(2)3/h6-10,13-14,17-18,27H,5,11-12,15-16H2,1-4H3,(H,29,33). The van der Waals surface area contributed by atoms with Crippen molar-refractivity contribution in [3.63, 3.8) is 0 Å². The van der Waals surface area contributed by atoms with Crippen LogP contribution >= 0.6 is 11.3 Å². The molecule has 0 bridgehead atoms. The lowest BCUT2D eigenvalue weighted by atomic mass is 9.87. The number of hydrogen-bond donors (Lipinski definition) is 1. The van der Waals surface area contributed by atoms with Crippen molar-refractivity contribution < 1.29 is 14.3 Å². The lowest BCUT2D eigenvalue weighted by molar-refractivity contribution is -0.132. The third kappa shape index (κ3) is 5.90. The predicted octanol–water partition coefficient (Wildman–Crippen LogP) is 5.30. The number of carbonyl (C=O) groups excluding carboxylic acids is 2. The molecule has 1 aliphatic rings. The Balaban J connectivity index is 1.54. The van der Waals surface area contributed by atoms with Gasteiger partial charge in [-0.05, 0) is 48.1 Å². The van der Waals surface area contributed by atoms with E-state index in [1.54, 1.807) is 5.38 Å². The largest absolute Gasteiger partial charge is 0.486 e. The number of nitrogens with zero attached hydrogens (tertiary/aromatic N) is 2. The van der Waals surface area contributed by atoms with E-state index >= 15 is 0 Å². The number of fused-ring (bicyclic) bond motifs is 1. The van der Waals surface area contributed by atoms with Gasteiger partial charge in [-0.1, -0.05) is 56.7 Å². The minimum absolute atomic E-state index is 0.134. The maximum Gasteiger partial charge on any atom is 0.270 e. The number of nitrogens with one attached hydrogen (secondary N) is 1. The van der Waals surface area contributed by atoms with Crippen molar-refractivity contribution in [2.75, 3.05) is 13.1 Å². The Morgan fingerprint density at radius 2 is 2.06 bits per heavy atom. The maximum absolute atomic E-state index is 12.8. The second-order valence-electron chi connectivity index (χ2n) is 9.39. The van der Waals surface area contributed by atoms with Crippen molar-refractivity contribution in [1.29, 1.82) is 0 Å². The highest BCUT2D eigenvalue weighted by Crippen LogP contribution is 2.38. The smallest absolute Gasteiger partial charge is 0.270 e. The summed E-state index contributed by atoms with van der Waals surface area (Å²) in [5.74, 6) is 1.11. The first-order valence-corrected chi connectivity index (χ1v) is 13.1. The molecule has 4 rings (SSSR count). The molecule has 1 N–H and O–H groups in total. The molecule has 35 heavy (non-hydrogen) atoms. The number of carbonyl (C=O) groups is 2. The Bertz CT molecular complexity index is 1200. The van der Waals surface area contributed by atoms with Gasteiger partial charge in [-0.2, -0.15) is 0 Å². The third-order valence-corrected chi connectivity index (χ3v) is 6.97. The van der Waals surface area contributed by atoms with Gasteiger partial charge in [0.1, 0.15) is 23.1 Å². The summed E-state index contributed by atoms with van der Waals surface area (Å²) in [5.41, 5.74) is 5.05. The highest BCUT2D eigenvalue weighted by molar-refractivity contribution is 7.09. The summed E-state index contributed by atoms with van der Waals surface area (Å²) in [6.07, 6.45) is 1.30. The van der Waals surface area contributed by atoms with Crippen LogP contribution in [0.5, 0.6) is 5.75 Å². The van der Waals surface area contributed by atoms with E-state index in [9.17, 15) is 9.59 Å². The fraction of sp³-hybridized carbons (Fsp3) is 0.393. The van der Waals surface area contributed by atoms with Crippen LogP contribution in [0.2, 0.25) is 0 Å². The molecule has 0 aliphatic carbocycles. The van der Waals surface area contributed by atoms with Crippen molar-refractivity contribution in [2.45, 2.75) is 53.2 Å². The van der Waals surface area contributed by atoms with Gasteiger partial charge in [-0.15, -0.1) is 11.3 Å². The summed E-state index contributed by atoms with van der Waals surface area (Å²) >= 11 is 1.42.